The summed E-state index contributed by atoms with van der Waals surface area (Å²) in [4.78, 5) is 47.2. The molecule has 1 aromatic carbocycles. The van der Waals surface area contributed by atoms with Crippen LogP contribution in [0.3, 0.4) is 0 Å². The lowest BCUT2D eigenvalue weighted by Gasteiger charge is -2.35. The van der Waals surface area contributed by atoms with E-state index in [0.29, 0.717) is 13.0 Å². The average Bonchev–Trinajstić information content (AvgIpc) is 2.64. The van der Waals surface area contributed by atoms with Crippen molar-refractivity contribution in [3.05, 3.63) is 33.9 Å². The second-order valence-corrected chi connectivity index (χ2v) is 7.28. The van der Waals surface area contributed by atoms with Crippen LogP contribution in [0.2, 0.25) is 0 Å². The van der Waals surface area contributed by atoms with Gasteiger partial charge in [0.2, 0.25) is 11.8 Å². The number of aliphatic carboxylic acids is 1. The number of nitro benzene ring substituents is 1. The number of carboxylic acid groups (broad SMARTS) is 1. The highest BCUT2D eigenvalue weighted by atomic mass is 32.2. The van der Waals surface area contributed by atoms with Crippen LogP contribution in [0.25, 0.3) is 0 Å². The molecule has 10 heteroatoms. The molecule has 1 aromatic rings. The molecule has 146 valence electrons. The van der Waals surface area contributed by atoms with Crippen LogP contribution in [0.5, 0.6) is 0 Å². The normalized spacial score (nSPS) is 16.7. The Morgan fingerprint density at radius 3 is 2.70 bits per heavy atom. The molecule has 1 fully saturated rings. The first kappa shape index (κ1) is 20.7. The van der Waals surface area contributed by atoms with E-state index >= 15 is 0 Å². The Hall–Kier alpha value is -2.62. The van der Waals surface area contributed by atoms with Crippen LogP contribution in [0.1, 0.15) is 42.5 Å². The molecular weight excluding hydrogens is 374 g/mol. The summed E-state index contributed by atoms with van der Waals surface area (Å²) in [5.41, 5.74) is 4.90. The molecule has 1 unspecified atom stereocenters. The third kappa shape index (κ3) is 5.68. The van der Waals surface area contributed by atoms with Crippen LogP contribution in [0.4, 0.5) is 5.69 Å². The number of rotatable bonds is 8. The fourth-order valence-electron chi connectivity index (χ4n) is 3.08. The van der Waals surface area contributed by atoms with E-state index in [1.165, 1.54) is 12.1 Å². The highest BCUT2D eigenvalue weighted by Crippen LogP contribution is 2.31. The maximum atomic E-state index is 12.6. The third-order valence-corrected chi connectivity index (χ3v) is 5.48. The lowest BCUT2D eigenvalue weighted by atomic mass is 9.98. The second kappa shape index (κ2) is 9.36. The van der Waals surface area contributed by atoms with Crippen LogP contribution in [-0.2, 0) is 9.59 Å². The van der Waals surface area contributed by atoms with E-state index in [1.807, 2.05) is 0 Å². The predicted octanol–water partition coefficient (Wildman–Crippen LogP) is 2.03. The van der Waals surface area contributed by atoms with Crippen LogP contribution in [-0.4, -0.2) is 51.1 Å². The minimum absolute atomic E-state index is 0.000327. The minimum atomic E-state index is -0.896. The van der Waals surface area contributed by atoms with Crippen molar-refractivity contribution in [2.24, 2.45) is 5.73 Å². The number of nitrogens with zero attached hydrogens (tertiary/aromatic N) is 2. The molecule has 0 spiro atoms. The number of likely N-dealkylation sites (tertiary alicyclic amines) is 1. The lowest BCUT2D eigenvalue weighted by Crippen LogP contribution is -2.44. The van der Waals surface area contributed by atoms with Crippen molar-refractivity contribution in [1.29, 1.82) is 0 Å². The number of hydrogen-bond donors (Lipinski definition) is 2. The van der Waals surface area contributed by atoms with E-state index < -0.39 is 16.8 Å². The summed E-state index contributed by atoms with van der Waals surface area (Å²) in [7, 11) is 0. The van der Waals surface area contributed by atoms with Gasteiger partial charge in [0.15, 0.2) is 0 Å². The molecule has 0 bridgehead atoms. The maximum absolute atomic E-state index is 12.6. The van der Waals surface area contributed by atoms with Crippen LogP contribution < -0.4 is 5.73 Å². The Bertz CT molecular complexity index is 754. The van der Waals surface area contributed by atoms with E-state index in [9.17, 15) is 24.5 Å². The number of primary amides is 1. The number of carbonyl (C=O) groups is 3. The summed E-state index contributed by atoms with van der Waals surface area (Å²) >= 11 is 1.02. The topological polar surface area (TPSA) is 144 Å². The number of hydrogen-bond acceptors (Lipinski definition) is 6. The van der Waals surface area contributed by atoms with Crippen molar-refractivity contribution >= 4 is 35.2 Å². The molecule has 1 saturated heterocycles. The first-order valence-corrected chi connectivity index (χ1v) is 9.50. The molecule has 1 atom stereocenters. The fourth-order valence-corrected chi connectivity index (χ4v) is 3.97. The largest absolute Gasteiger partial charge is 0.481 e. The van der Waals surface area contributed by atoms with Crippen LogP contribution >= 0.6 is 11.8 Å². The quantitative estimate of drug-likeness (QED) is 0.389. The number of nitrogens with two attached hydrogens (primary N) is 1. The molecule has 1 aliphatic rings. The van der Waals surface area contributed by atoms with E-state index in [2.05, 4.69) is 0 Å². The number of carboxylic acids is 1. The third-order valence-electron chi connectivity index (χ3n) is 4.43. The fraction of sp³-hybridized carbons (Fsp3) is 0.471. The molecule has 3 N–H and O–H groups in total. The lowest BCUT2D eigenvalue weighted by molar-refractivity contribution is -0.387. The SMILES string of the molecule is NC(=O)c1ccc(SCC(=O)N2CCCCC2CCC(=O)O)c([N+](=O)[O-])c1. The zero-order chi connectivity index (χ0) is 20.0. The Balaban J connectivity index is 2.06. The van der Waals surface area contributed by atoms with E-state index in [1.54, 1.807) is 4.90 Å². The van der Waals surface area contributed by atoms with Gasteiger partial charge in [0.05, 0.1) is 15.6 Å². The average molecular weight is 395 g/mol. The zero-order valence-corrected chi connectivity index (χ0v) is 15.4. The van der Waals surface area contributed by atoms with Gasteiger partial charge in [-0.15, -0.1) is 11.8 Å². The van der Waals surface area contributed by atoms with E-state index in [-0.39, 0.29) is 40.3 Å². The van der Waals surface area contributed by atoms with Gasteiger partial charge >= 0.3 is 5.97 Å². The monoisotopic (exact) mass is 395 g/mol. The van der Waals surface area contributed by atoms with E-state index in [0.717, 1.165) is 37.1 Å². The van der Waals surface area contributed by atoms with Gasteiger partial charge in [0, 0.05) is 30.6 Å². The van der Waals surface area contributed by atoms with Crippen molar-refractivity contribution in [3.63, 3.8) is 0 Å². The van der Waals surface area contributed by atoms with Crippen molar-refractivity contribution in [1.82, 2.24) is 4.90 Å². The maximum Gasteiger partial charge on any atom is 0.303 e. The molecule has 2 rings (SSSR count). The first-order chi connectivity index (χ1) is 12.8. The number of nitro groups is 1. The Kier molecular flexibility index (Phi) is 7.17. The summed E-state index contributed by atoms with van der Waals surface area (Å²) in [5, 5.41) is 20.1. The van der Waals surface area contributed by atoms with Gasteiger partial charge in [-0.25, -0.2) is 0 Å². The Morgan fingerprint density at radius 1 is 1.33 bits per heavy atom. The van der Waals surface area contributed by atoms with Gasteiger partial charge in [-0.05, 0) is 37.8 Å². The Labute approximate surface area is 160 Å². The van der Waals surface area contributed by atoms with Crippen molar-refractivity contribution in [2.45, 2.75) is 43.0 Å². The number of piperidine rings is 1. The molecule has 0 aromatic heterocycles. The van der Waals surface area contributed by atoms with Crippen molar-refractivity contribution in [2.75, 3.05) is 12.3 Å². The molecule has 0 radical (unpaired) electrons. The van der Waals surface area contributed by atoms with Gasteiger partial charge in [-0.1, -0.05) is 0 Å². The molecular formula is C17H21N3O6S. The van der Waals surface area contributed by atoms with Crippen LogP contribution in [0, 0.1) is 10.1 Å². The van der Waals surface area contributed by atoms with Gasteiger partial charge in [-0.2, -0.15) is 0 Å². The summed E-state index contributed by atoms with van der Waals surface area (Å²) in [6.45, 7) is 0.562. The van der Waals surface area contributed by atoms with Crippen molar-refractivity contribution < 1.29 is 24.4 Å². The van der Waals surface area contributed by atoms with Gasteiger partial charge in [0.1, 0.15) is 0 Å². The predicted molar refractivity (Wildman–Crippen MR) is 98.6 cm³/mol. The van der Waals surface area contributed by atoms with Gasteiger partial charge < -0.3 is 15.7 Å². The summed E-state index contributed by atoms with van der Waals surface area (Å²) < 4.78 is 0. The molecule has 9 nitrogen and oxygen atoms in total. The molecule has 2 amide bonds. The smallest absolute Gasteiger partial charge is 0.303 e. The Morgan fingerprint density at radius 2 is 2.07 bits per heavy atom. The number of benzene rings is 1. The summed E-state index contributed by atoms with van der Waals surface area (Å²) in [6.07, 6.45) is 2.96. The molecule has 0 aliphatic carbocycles. The standard InChI is InChI=1S/C17H21N3O6S/c18-17(24)11-4-6-14(13(9-11)20(25)26)27-10-15(21)19-8-2-1-3-12(19)5-7-16(22)23/h4,6,9,12H,1-3,5,7-8,10H2,(H2,18,24)(H,22,23). The van der Waals surface area contributed by atoms with Gasteiger partial charge in [0.25, 0.3) is 5.69 Å². The molecule has 1 heterocycles. The molecule has 27 heavy (non-hydrogen) atoms. The number of carbonyl (C=O) groups excluding carboxylic acids is 2. The molecule has 0 saturated carbocycles. The van der Waals surface area contributed by atoms with Crippen molar-refractivity contribution in [3.8, 4) is 0 Å². The highest BCUT2D eigenvalue weighted by molar-refractivity contribution is 8.00. The number of amides is 2. The summed E-state index contributed by atoms with van der Waals surface area (Å²) in [6, 6.07) is 3.79. The number of thioether (sulfide) groups is 1. The summed E-state index contributed by atoms with van der Waals surface area (Å²) in [5.74, 6) is -1.84. The minimum Gasteiger partial charge on any atom is -0.481 e. The molecule has 1 aliphatic heterocycles. The van der Waals surface area contributed by atoms with E-state index in [4.69, 9.17) is 10.8 Å². The highest BCUT2D eigenvalue weighted by Gasteiger charge is 2.27. The second-order valence-electron chi connectivity index (χ2n) is 6.26. The first-order valence-electron chi connectivity index (χ1n) is 8.52. The van der Waals surface area contributed by atoms with Crippen LogP contribution in [0.15, 0.2) is 23.1 Å². The van der Waals surface area contributed by atoms with Gasteiger partial charge in [-0.3, -0.25) is 24.5 Å². The zero-order valence-electron chi connectivity index (χ0n) is 14.6.